The Bertz CT molecular complexity index is 799. The molecule has 1 aromatic carbocycles. The van der Waals surface area contributed by atoms with Crippen molar-refractivity contribution in [3.63, 3.8) is 0 Å². The summed E-state index contributed by atoms with van der Waals surface area (Å²) in [6, 6.07) is 6.36. The largest absolute Gasteiger partial charge is 0.450 e. The summed E-state index contributed by atoms with van der Waals surface area (Å²) in [6.07, 6.45) is 2.80. The van der Waals surface area contributed by atoms with Crippen molar-refractivity contribution in [3.8, 4) is 0 Å². The van der Waals surface area contributed by atoms with E-state index in [1.807, 2.05) is 0 Å². The van der Waals surface area contributed by atoms with Gasteiger partial charge in [0.1, 0.15) is 23.8 Å². The van der Waals surface area contributed by atoms with E-state index in [-0.39, 0.29) is 17.2 Å². The van der Waals surface area contributed by atoms with Gasteiger partial charge >= 0.3 is 6.09 Å². The summed E-state index contributed by atoms with van der Waals surface area (Å²) >= 11 is 5.80. The number of nitrogens with zero attached hydrogens (tertiary/aromatic N) is 3. The maximum Gasteiger partial charge on any atom is 0.409 e. The molecule has 1 fully saturated rings. The second kappa shape index (κ2) is 8.85. The molecule has 1 aliphatic rings. The molecule has 0 radical (unpaired) electrons. The molecule has 1 amide bonds. The first-order chi connectivity index (χ1) is 13.0. The minimum absolute atomic E-state index is 0.0424. The van der Waals surface area contributed by atoms with Gasteiger partial charge in [0.05, 0.1) is 11.6 Å². The van der Waals surface area contributed by atoms with Crippen LogP contribution in [0.5, 0.6) is 0 Å². The quantitative estimate of drug-likeness (QED) is 0.797. The number of rotatable bonds is 5. The first-order valence-electron chi connectivity index (χ1n) is 8.77. The number of hydrogen-bond acceptors (Lipinski definition) is 6. The lowest BCUT2D eigenvalue weighted by molar-refractivity contribution is 0.0983. The highest BCUT2D eigenvalue weighted by molar-refractivity contribution is 6.31. The van der Waals surface area contributed by atoms with Crippen LogP contribution < -0.4 is 10.6 Å². The average molecular weight is 394 g/mol. The zero-order chi connectivity index (χ0) is 19.2. The first kappa shape index (κ1) is 19.2. The lowest BCUT2D eigenvalue weighted by Gasteiger charge is -2.31. The molecule has 0 bridgehead atoms. The smallest absolute Gasteiger partial charge is 0.409 e. The van der Waals surface area contributed by atoms with E-state index in [9.17, 15) is 9.18 Å². The van der Waals surface area contributed by atoms with Gasteiger partial charge in [-0.3, -0.25) is 0 Å². The van der Waals surface area contributed by atoms with E-state index in [4.69, 9.17) is 16.3 Å². The molecule has 1 aliphatic heterocycles. The number of amides is 1. The molecule has 0 saturated carbocycles. The van der Waals surface area contributed by atoms with Gasteiger partial charge in [0.2, 0.25) is 0 Å². The molecule has 144 valence electrons. The monoisotopic (exact) mass is 393 g/mol. The fraction of sp³-hybridized carbons (Fsp3) is 0.389. The molecular weight excluding hydrogens is 373 g/mol. The first-order valence-corrected chi connectivity index (χ1v) is 9.15. The van der Waals surface area contributed by atoms with Gasteiger partial charge in [0.25, 0.3) is 0 Å². The van der Waals surface area contributed by atoms with Gasteiger partial charge in [-0.25, -0.2) is 19.2 Å². The Morgan fingerprint density at radius 2 is 2.04 bits per heavy atom. The molecular formula is C18H21ClFN5O2. The number of anilines is 3. The second-order valence-corrected chi connectivity index (χ2v) is 6.55. The van der Waals surface area contributed by atoms with Crippen molar-refractivity contribution in [2.24, 2.45) is 0 Å². The van der Waals surface area contributed by atoms with Crippen LogP contribution in [-0.2, 0) is 4.74 Å². The lowest BCUT2D eigenvalue weighted by Crippen LogP contribution is -2.42. The summed E-state index contributed by atoms with van der Waals surface area (Å²) in [4.78, 5) is 21.9. The fourth-order valence-corrected chi connectivity index (χ4v) is 3.04. The summed E-state index contributed by atoms with van der Waals surface area (Å²) in [6.45, 7) is 3.46. The number of ether oxygens (including phenoxy) is 1. The molecule has 2 heterocycles. The Morgan fingerprint density at radius 3 is 2.74 bits per heavy atom. The minimum Gasteiger partial charge on any atom is -0.450 e. The van der Waals surface area contributed by atoms with E-state index in [0.29, 0.717) is 37.0 Å². The second-order valence-electron chi connectivity index (χ2n) is 6.15. The van der Waals surface area contributed by atoms with Gasteiger partial charge in [-0.1, -0.05) is 11.6 Å². The lowest BCUT2D eigenvalue weighted by atomic mass is 10.1. The molecule has 1 aromatic heterocycles. The summed E-state index contributed by atoms with van der Waals surface area (Å²) in [5, 5.41) is 6.48. The Balaban J connectivity index is 1.56. The zero-order valence-corrected chi connectivity index (χ0v) is 15.7. The SMILES string of the molecule is CCOC(=O)N1CCC(Nc2cc(Nc3ccc(F)c(Cl)c3)ncn2)CC1. The maximum absolute atomic E-state index is 13.3. The van der Waals surface area contributed by atoms with Gasteiger partial charge in [0, 0.05) is 30.9 Å². The number of piperidine rings is 1. The third-order valence-electron chi connectivity index (χ3n) is 4.23. The van der Waals surface area contributed by atoms with E-state index in [1.54, 1.807) is 24.0 Å². The molecule has 27 heavy (non-hydrogen) atoms. The Hall–Kier alpha value is -2.61. The van der Waals surface area contributed by atoms with E-state index in [1.165, 1.54) is 18.5 Å². The highest BCUT2D eigenvalue weighted by Gasteiger charge is 2.23. The molecule has 1 saturated heterocycles. The van der Waals surface area contributed by atoms with Crippen molar-refractivity contribution >= 4 is 35.0 Å². The van der Waals surface area contributed by atoms with Crippen LogP contribution >= 0.6 is 11.6 Å². The summed E-state index contributed by atoms with van der Waals surface area (Å²) in [7, 11) is 0. The van der Waals surface area contributed by atoms with E-state index in [2.05, 4.69) is 20.6 Å². The molecule has 2 N–H and O–H groups in total. The van der Waals surface area contributed by atoms with Crippen LogP contribution in [0.1, 0.15) is 19.8 Å². The molecule has 2 aromatic rings. The molecule has 0 unspecified atom stereocenters. The molecule has 0 spiro atoms. The Kier molecular flexibility index (Phi) is 6.28. The Morgan fingerprint density at radius 1 is 1.30 bits per heavy atom. The summed E-state index contributed by atoms with van der Waals surface area (Å²) < 4.78 is 18.3. The van der Waals surface area contributed by atoms with Crippen LogP contribution in [-0.4, -0.2) is 46.7 Å². The minimum atomic E-state index is -0.471. The van der Waals surface area contributed by atoms with E-state index in [0.717, 1.165) is 12.8 Å². The van der Waals surface area contributed by atoms with Crippen molar-refractivity contribution in [2.45, 2.75) is 25.8 Å². The number of aromatic nitrogens is 2. The third kappa shape index (κ3) is 5.19. The highest BCUT2D eigenvalue weighted by atomic mass is 35.5. The third-order valence-corrected chi connectivity index (χ3v) is 4.52. The average Bonchev–Trinajstić information content (AvgIpc) is 2.66. The molecule has 0 atom stereocenters. The number of halogens is 2. The van der Waals surface area contributed by atoms with Crippen molar-refractivity contribution < 1.29 is 13.9 Å². The van der Waals surface area contributed by atoms with Gasteiger partial charge in [-0.2, -0.15) is 0 Å². The Labute approximate surface area is 161 Å². The van der Waals surface area contributed by atoms with Crippen LogP contribution in [0.2, 0.25) is 5.02 Å². The van der Waals surface area contributed by atoms with Crippen molar-refractivity contribution in [2.75, 3.05) is 30.3 Å². The predicted octanol–water partition coefficient (Wildman–Crippen LogP) is 4.05. The van der Waals surface area contributed by atoms with Crippen LogP contribution in [0.15, 0.2) is 30.6 Å². The number of carbonyl (C=O) groups excluding carboxylic acids is 1. The molecule has 7 nitrogen and oxygen atoms in total. The van der Waals surface area contributed by atoms with Gasteiger partial charge in [0.15, 0.2) is 0 Å². The number of likely N-dealkylation sites (tertiary alicyclic amines) is 1. The number of carbonyl (C=O) groups is 1. The van der Waals surface area contributed by atoms with Crippen molar-refractivity contribution in [3.05, 3.63) is 41.4 Å². The van der Waals surface area contributed by atoms with Crippen LogP contribution in [0.3, 0.4) is 0 Å². The standard InChI is InChI=1S/C18H21ClFN5O2/c1-2-27-18(26)25-7-5-12(6-8-25)23-16-10-17(22-11-21-16)24-13-3-4-15(20)14(19)9-13/h3-4,9-12H,2,5-8H2,1H3,(H2,21,22,23,24). The van der Waals surface area contributed by atoms with Crippen molar-refractivity contribution in [1.29, 1.82) is 0 Å². The number of benzene rings is 1. The predicted molar refractivity (Wildman–Crippen MR) is 102 cm³/mol. The fourth-order valence-electron chi connectivity index (χ4n) is 2.86. The van der Waals surface area contributed by atoms with Gasteiger partial charge in [-0.05, 0) is 38.0 Å². The number of nitrogens with one attached hydrogen (secondary N) is 2. The highest BCUT2D eigenvalue weighted by Crippen LogP contribution is 2.23. The van der Waals surface area contributed by atoms with Gasteiger partial charge in [-0.15, -0.1) is 0 Å². The van der Waals surface area contributed by atoms with Crippen molar-refractivity contribution in [1.82, 2.24) is 14.9 Å². The molecule has 0 aliphatic carbocycles. The van der Waals surface area contributed by atoms with E-state index < -0.39 is 5.82 Å². The maximum atomic E-state index is 13.3. The summed E-state index contributed by atoms with van der Waals surface area (Å²) in [5.41, 5.74) is 0.633. The normalized spacial score (nSPS) is 14.7. The number of hydrogen-bond donors (Lipinski definition) is 2. The molecule has 9 heteroatoms. The summed E-state index contributed by atoms with van der Waals surface area (Å²) in [5.74, 6) is 0.774. The van der Waals surface area contributed by atoms with E-state index >= 15 is 0 Å². The van der Waals surface area contributed by atoms with Crippen LogP contribution in [0, 0.1) is 5.82 Å². The van der Waals surface area contributed by atoms with Gasteiger partial charge < -0.3 is 20.3 Å². The van der Waals surface area contributed by atoms with Crippen LogP contribution in [0.25, 0.3) is 0 Å². The zero-order valence-electron chi connectivity index (χ0n) is 14.9. The van der Waals surface area contributed by atoms with Crippen LogP contribution in [0.4, 0.5) is 26.5 Å². The molecule has 3 rings (SSSR count). The topological polar surface area (TPSA) is 79.4 Å².